The lowest BCUT2D eigenvalue weighted by atomic mass is 10.2. The van der Waals surface area contributed by atoms with Crippen molar-refractivity contribution in [2.75, 3.05) is 0 Å². The maximum absolute atomic E-state index is 5.57. The molecule has 0 bridgehead atoms. The molecule has 12 heavy (non-hydrogen) atoms. The fraction of sp³-hybridized carbons (Fsp3) is 0.400. The number of hydrogen-bond donors (Lipinski definition) is 0. The molecule has 0 aliphatic heterocycles. The van der Waals surface area contributed by atoms with Crippen LogP contribution in [0.15, 0.2) is 28.7 Å². The number of rotatable bonds is 3. The zero-order valence-electron chi connectivity index (χ0n) is 6.79. The van der Waals surface area contributed by atoms with Gasteiger partial charge < -0.3 is 4.74 Å². The molecule has 2 rings (SSSR count). The van der Waals surface area contributed by atoms with Crippen molar-refractivity contribution in [1.29, 1.82) is 0 Å². The molecule has 2 heteroatoms. The van der Waals surface area contributed by atoms with Gasteiger partial charge in [0.05, 0.1) is 12.7 Å². The molecule has 0 heterocycles. The summed E-state index contributed by atoms with van der Waals surface area (Å²) >= 11 is 3.43. The van der Waals surface area contributed by atoms with Crippen LogP contribution in [0, 0.1) is 0 Å². The average Bonchev–Trinajstić information content (AvgIpc) is 2.84. The highest BCUT2D eigenvalue weighted by atomic mass is 79.9. The van der Waals surface area contributed by atoms with Crippen molar-refractivity contribution < 1.29 is 4.74 Å². The zero-order valence-corrected chi connectivity index (χ0v) is 8.38. The van der Waals surface area contributed by atoms with Crippen LogP contribution in [0.25, 0.3) is 0 Å². The summed E-state index contributed by atoms with van der Waals surface area (Å²) < 4.78 is 6.70. The van der Waals surface area contributed by atoms with Gasteiger partial charge >= 0.3 is 0 Å². The number of benzene rings is 1. The van der Waals surface area contributed by atoms with Crippen molar-refractivity contribution in [3.63, 3.8) is 0 Å². The standard InChI is InChI=1S/C10H11BrO/c11-9-3-1-2-8(6-9)7-12-10-4-5-10/h1-3,6,10H,4-5,7H2. The molecule has 0 radical (unpaired) electrons. The van der Waals surface area contributed by atoms with Crippen molar-refractivity contribution in [3.8, 4) is 0 Å². The fourth-order valence-corrected chi connectivity index (χ4v) is 1.52. The summed E-state index contributed by atoms with van der Waals surface area (Å²) in [6.07, 6.45) is 3.03. The third kappa shape index (κ3) is 2.32. The van der Waals surface area contributed by atoms with E-state index >= 15 is 0 Å². The van der Waals surface area contributed by atoms with Gasteiger partial charge in [0, 0.05) is 4.47 Å². The van der Waals surface area contributed by atoms with E-state index in [1.54, 1.807) is 0 Å². The van der Waals surface area contributed by atoms with Gasteiger partial charge in [-0.1, -0.05) is 28.1 Å². The van der Waals surface area contributed by atoms with Gasteiger partial charge in [-0.25, -0.2) is 0 Å². The lowest BCUT2D eigenvalue weighted by Gasteiger charge is -2.02. The van der Waals surface area contributed by atoms with Crippen LogP contribution in [0.4, 0.5) is 0 Å². The molecule has 1 aliphatic carbocycles. The third-order valence-electron chi connectivity index (χ3n) is 1.90. The molecule has 0 atom stereocenters. The Balaban J connectivity index is 1.92. The highest BCUT2D eigenvalue weighted by molar-refractivity contribution is 9.10. The van der Waals surface area contributed by atoms with Crippen LogP contribution in [-0.2, 0) is 11.3 Å². The topological polar surface area (TPSA) is 9.23 Å². The molecule has 1 fully saturated rings. The average molecular weight is 227 g/mol. The minimum Gasteiger partial charge on any atom is -0.374 e. The quantitative estimate of drug-likeness (QED) is 0.770. The summed E-state index contributed by atoms with van der Waals surface area (Å²) in [4.78, 5) is 0. The second-order valence-corrected chi connectivity index (χ2v) is 4.06. The maximum Gasteiger partial charge on any atom is 0.0721 e. The van der Waals surface area contributed by atoms with E-state index in [1.807, 2.05) is 12.1 Å². The van der Waals surface area contributed by atoms with Crippen molar-refractivity contribution in [2.24, 2.45) is 0 Å². The van der Waals surface area contributed by atoms with Crippen LogP contribution in [0.2, 0.25) is 0 Å². The van der Waals surface area contributed by atoms with Gasteiger partial charge in [-0.15, -0.1) is 0 Å². The highest BCUT2D eigenvalue weighted by Crippen LogP contribution is 2.25. The normalized spacial score (nSPS) is 16.4. The largest absolute Gasteiger partial charge is 0.374 e. The highest BCUT2D eigenvalue weighted by Gasteiger charge is 2.21. The number of ether oxygens (including phenoxy) is 1. The molecule has 1 aromatic carbocycles. The molecule has 64 valence electrons. The zero-order chi connectivity index (χ0) is 8.39. The van der Waals surface area contributed by atoms with Crippen molar-refractivity contribution >= 4 is 15.9 Å². The van der Waals surface area contributed by atoms with Crippen LogP contribution in [0.1, 0.15) is 18.4 Å². The van der Waals surface area contributed by atoms with Gasteiger partial charge in [0.25, 0.3) is 0 Å². The van der Waals surface area contributed by atoms with E-state index in [4.69, 9.17) is 4.74 Å². The molecule has 1 saturated carbocycles. The molecular formula is C10H11BrO. The molecule has 0 unspecified atom stereocenters. The van der Waals surface area contributed by atoms with E-state index in [1.165, 1.54) is 18.4 Å². The molecular weight excluding hydrogens is 216 g/mol. The number of halogens is 1. The van der Waals surface area contributed by atoms with Gasteiger partial charge in [0.15, 0.2) is 0 Å². The second-order valence-electron chi connectivity index (χ2n) is 3.14. The Morgan fingerprint density at radius 1 is 1.42 bits per heavy atom. The van der Waals surface area contributed by atoms with E-state index in [0.29, 0.717) is 6.10 Å². The van der Waals surface area contributed by atoms with Crippen LogP contribution >= 0.6 is 15.9 Å². The summed E-state index contributed by atoms with van der Waals surface area (Å²) in [6, 6.07) is 8.26. The second kappa shape index (κ2) is 3.58. The van der Waals surface area contributed by atoms with Gasteiger partial charge in [-0.3, -0.25) is 0 Å². The van der Waals surface area contributed by atoms with Gasteiger partial charge in [-0.05, 0) is 30.5 Å². The first kappa shape index (κ1) is 8.27. The first-order valence-corrected chi connectivity index (χ1v) is 5.00. The van der Waals surface area contributed by atoms with Gasteiger partial charge in [0.2, 0.25) is 0 Å². The van der Waals surface area contributed by atoms with E-state index in [2.05, 4.69) is 28.1 Å². The summed E-state index contributed by atoms with van der Waals surface area (Å²) in [5.74, 6) is 0. The summed E-state index contributed by atoms with van der Waals surface area (Å²) in [7, 11) is 0. The first-order chi connectivity index (χ1) is 5.84. The summed E-state index contributed by atoms with van der Waals surface area (Å²) in [5.41, 5.74) is 1.25. The lowest BCUT2D eigenvalue weighted by molar-refractivity contribution is 0.106. The molecule has 0 spiro atoms. The minimum atomic E-state index is 0.545. The smallest absolute Gasteiger partial charge is 0.0721 e. The van der Waals surface area contributed by atoms with Gasteiger partial charge in [0.1, 0.15) is 0 Å². The fourth-order valence-electron chi connectivity index (χ4n) is 1.08. The number of hydrogen-bond acceptors (Lipinski definition) is 1. The Morgan fingerprint density at radius 2 is 2.25 bits per heavy atom. The van der Waals surface area contributed by atoms with Crippen LogP contribution in [-0.4, -0.2) is 6.10 Å². The molecule has 0 saturated heterocycles. The Bertz CT molecular complexity index is 268. The van der Waals surface area contributed by atoms with E-state index in [0.717, 1.165) is 11.1 Å². The predicted octanol–water partition coefficient (Wildman–Crippen LogP) is 3.13. The van der Waals surface area contributed by atoms with E-state index in [9.17, 15) is 0 Å². The van der Waals surface area contributed by atoms with E-state index in [-0.39, 0.29) is 0 Å². The molecule has 0 N–H and O–H groups in total. The molecule has 1 aromatic rings. The van der Waals surface area contributed by atoms with Crippen molar-refractivity contribution in [3.05, 3.63) is 34.3 Å². The first-order valence-electron chi connectivity index (χ1n) is 4.20. The summed E-state index contributed by atoms with van der Waals surface area (Å²) in [5, 5.41) is 0. The Labute approximate surface area is 80.9 Å². The minimum absolute atomic E-state index is 0.545. The van der Waals surface area contributed by atoms with Crippen molar-refractivity contribution in [2.45, 2.75) is 25.6 Å². The van der Waals surface area contributed by atoms with Crippen molar-refractivity contribution in [1.82, 2.24) is 0 Å². The molecule has 0 amide bonds. The predicted molar refractivity (Wildman–Crippen MR) is 52.0 cm³/mol. The monoisotopic (exact) mass is 226 g/mol. The summed E-state index contributed by atoms with van der Waals surface area (Å²) in [6.45, 7) is 0.754. The third-order valence-corrected chi connectivity index (χ3v) is 2.39. The Morgan fingerprint density at radius 3 is 2.92 bits per heavy atom. The maximum atomic E-state index is 5.57. The van der Waals surface area contributed by atoms with Crippen LogP contribution in [0.3, 0.4) is 0 Å². The molecule has 1 aliphatic rings. The van der Waals surface area contributed by atoms with Crippen LogP contribution in [0.5, 0.6) is 0 Å². The SMILES string of the molecule is Brc1cccc(COC2CC2)c1. The molecule has 0 aromatic heterocycles. The Kier molecular flexibility index (Phi) is 2.47. The lowest BCUT2D eigenvalue weighted by Crippen LogP contribution is -1.93. The van der Waals surface area contributed by atoms with E-state index < -0.39 is 0 Å². The Hall–Kier alpha value is -0.340. The molecule has 1 nitrogen and oxygen atoms in total. The van der Waals surface area contributed by atoms with Gasteiger partial charge in [-0.2, -0.15) is 0 Å². The van der Waals surface area contributed by atoms with Crippen LogP contribution < -0.4 is 0 Å².